The zero-order valence-electron chi connectivity index (χ0n) is 11.3. The van der Waals surface area contributed by atoms with Gasteiger partial charge in [-0.2, -0.15) is 4.79 Å². The van der Waals surface area contributed by atoms with Crippen molar-refractivity contribution in [1.29, 1.82) is 0 Å². The number of nitrogens with zero attached hydrogens (tertiary/aromatic N) is 2. The second kappa shape index (κ2) is 6.97. The van der Waals surface area contributed by atoms with Gasteiger partial charge in [-0.15, -0.1) is 0 Å². The molecule has 0 spiro atoms. The lowest BCUT2D eigenvalue weighted by Gasteiger charge is -2.22. The summed E-state index contributed by atoms with van der Waals surface area (Å²) in [6.07, 6.45) is 7.11. The van der Waals surface area contributed by atoms with E-state index in [1.807, 2.05) is 7.05 Å². The van der Waals surface area contributed by atoms with Crippen LogP contribution in [0.3, 0.4) is 0 Å². The molecule has 17 heavy (non-hydrogen) atoms. The van der Waals surface area contributed by atoms with Crippen LogP contribution in [0.5, 0.6) is 0 Å². The first kappa shape index (κ1) is 14.5. The summed E-state index contributed by atoms with van der Waals surface area (Å²) >= 11 is 0. The average molecular weight is 243 g/mol. The van der Waals surface area contributed by atoms with Gasteiger partial charge in [-0.05, 0) is 6.42 Å². The van der Waals surface area contributed by atoms with E-state index in [9.17, 15) is 4.79 Å². The van der Waals surface area contributed by atoms with Crippen molar-refractivity contribution in [3.05, 3.63) is 0 Å². The lowest BCUT2D eigenvalue weighted by atomic mass is 10.1. The van der Waals surface area contributed by atoms with Crippen LogP contribution in [0.2, 0.25) is 0 Å². The van der Waals surface area contributed by atoms with Crippen molar-refractivity contribution >= 4 is 6.09 Å². The van der Waals surface area contributed by atoms with Gasteiger partial charge in [0.25, 0.3) is 0 Å². The number of amides is 1. The third-order valence-corrected chi connectivity index (χ3v) is 3.71. The molecule has 0 aromatic carbocycles. The minimum atomic E-state index is -0.699. The highest BCUT2D eigenvalue weighted by molar-refractivity contribution is 5.56. The quantitative estimate of drug-likeness (QED) is 0.552. The number of unbranched alkanes of at least 4 members (excludes halogenated alkanes) is 5. The molecule has 1 atom stereocenters. The number of likely N-dealkylation sites (N-methyl/N-ethyl adjacent to an activating group) is 1. The summed E-state index contributed by atoms with van der Waals surface area (Å²) in [7, 11) is 1.81. The maximum atomic E-state index is 11.1. The lowest BCUT2D eigenvalue weighted by Crippen LogP contribution is -2.47. The van der Waals surface area contributed by atoms with Crippen molar-refractivity contribution in [2.75, 3.05) is 33.4 Å². The summed E-state index contributed by atoms with van der Waals surface area (Å²) in [5.74, 6) is 0. The molecule has 1 aliphatic heterocycles. The second-order valence-corrected chi connectivity index (χ2v) is 5.43. The third kappa shape index (κ3) is 4.64. The summed E-state index contributed by atoms with van der Waals surface area (Å²) in [4.78, 5) is 13.3. The molecule has 1 fully saturated rings. The van der Waals surface area contributed by atoms with Crippen LogP contribution in [0.4, 0.5) is 4.79 Å². The zero-order valence-corrected chi connectivity index (χ0v) is 11.3. The molecule has 0 radical (unpaired) electrons. The van der Waals surface area contributed by atoms with Crippen LogP contribution in [-0.4, -0.2) is 53.9 Å². The fraction of sp³-hybridized carbons (Fsp3) is 0.923. The first-order valence-electron chi connectivity index (χ1n) is 6.89. The highest BCUT2D eigenvalue weighted by Gasteiger charge is 2.39. The Bertz CT molecular complexity index is 246. The molecule has 1 heterocycles. The number of quaternary nitrogens is 1. The fourth-order valence-electron chi connectivity index (χ4n) is 2.40. The normalized spacial score (nSPS) is 25.3. The first-order chi connectivity index (χ1) is 8.08. The molecule has 1 aliphatic rings. The van der Waals surface area contributed by atoms with Gasteiger partial charge in [0.15, 0.2) is 0 Å². The van der Waals surface area contributed by atoms with Gasteiger partial charge in [-0.1, -0.05) is 39.0 Å². The van der Waals surface area contributed by atoms with E-state index >= 15 is 0 Å². The molecule has 0 aromatic rings. The van der Waals surface area contributed by atoms with E-state index in [4.69, 9.17) is 5.11 Å². The van der Waals surface area contributed by atoms with E-state index < -0.39 is 6.09 Å². The molecule has 0 aliphatic carbocycles. The van der Waals surface area contributed by atoms with E-state index in [1.54, 1.807) is 0 Å². The monoisotopic (exact) mass is 243 g/mol. The van der Waals surface area contributed by atoms with Gasteiger partial charge in [0, 0.05) is 6.54 Å². The summed E-state index contributed by atoms with van der Waals surface area (Å²) < 4.78 is 0.163. The predicted molar refractivity (Wildman–Crippen MR) is 68.9 cm³/mol. The Morgan fingerprint density at radius 1 is 1.24 bits per heavy atom. The SMILES string of the molecule is CCCCCCCCN1CC[N+](C)(C(=O)O)C1. The van der Waals surface area contributed by atoms with Crippen molar-refractivity contribution < 1.29 is 14.4 Å². The van der Waals surface area contributed by atoms with E-state index in [2.05, 4.69) is 11.8 Å². The Morgan fingerprint density at radius 3 is 2.47 bits per heavy atom. The average Bonchev–Trinajstić information content (AvgIpc) is 2.67. The minimum Gasteiger partial charge on any atom is -0.435 e. The number of carboxylic acid groups (broad SMARTS) is 1. The third-order valence-electron chi connectivity index (χ3n) is 3.71. The molecule has 4 nitrogen and oxygen atoms in total. The van der Waals surface area contributed by atoms with Crippen molar-refractivity contribution in [3.8, 4) is 0 Å². The lowest BCUT2D eigenvalue weighted by molar-refractivity contribution is -0.829. The molecule has 1 rings (SSSR count). The maximum Gasteiger partial charge on any atom is 0.514 e. The van der Waals surface area contributed by atoms with Crippen LogP contribution in [0.15, 0.2) is 0 Å². The Morgan fingerprint density at radius 2 is 1.88 bits per heavy atom. The van der Waals surface area contributed by atoms with Gasteiger partial charge < -0.3 is 5.11 Å². The molecule has 1 amide bonds. The Hall–Kier alpha value is -0.610. The van der Waals surface area contributed by atoms with Gasteiger partial charge in [-0.25, -0.2) is 4.48 Å². The summed E-state index contributed by atoms with van der Waals surface area (Å²) in [5.41, 5.74) is 0. The Balaban J connectivity index is 2.08. The first-order valence-corrected chi connectivity index (χ1v) is 6.89. The number of hydrogen-bond acceptors (Lipinski definition) is 2. The van der Waals surface area contributed by atoms with Gasteiger partial charge >= 0.3 is 6.09 Å². The van der Waals surface area contributed by atoms with Gasteiger partial charge in [0.2, 0.25) is 0 Å². The van der Waals surface area contributed by atoms with E-state index in [0.29, 0.717) is 6.67 Å². The van der Waals surface area contributed by atoms with Crippen molar-refractivity contribution in [1.82, 2.24) is 4.90 Å². The summed E-state index contributed by atoms with van der Waals surface area (Å²) in [6.45, 7) is 5.63. The largest absolute Gasteiger partial charge is 0.514 e. The van der Waals surface area contributed by atoms with Gasteiger partial charge in [0.1, 0.15) is 13.2 Å². The van der Waals surface area contributed by atoms with Crippen LogP contribution in [0.25, 0.3) is 0 Å². The van der Waals surface area contributed by atoms with Crippen LogP contribution < -0.4 is 0 Å². The topological polar surface area (TPSA) is 40.5 Å². The molecule has 0 saturated carbocycles. The second-order valence-electron chi connectivity index (χ2n) is 5.43. The summed E-state index contributed by atoms with van der Waals surface area (Å²) in [5, 5.41) is 9.10. The van der Waals surface area contributed by atoms with Gasteiger partial charge in [-0.3, -0.25) is 4.90 Å². The van der Waals surface area contributed by atoms with E-state index in [0.717, 1.165) is 19.6 Å². The molecule has 1 N–H and O–H groups in total. The van der Waals surface area contributed by atoms with Crippen molar-refractivity contribution in [3.63, 3.8) is 0 Å². The Labute approximate surface area is 105 Å². The number of hydrogen-bond donors (Lipinski definition) is 1. The molecule has 100 valence electrons. The smallest absolute Gasteiger partial charge is 0.435 e. The Kier molecular flexibility index (Phi) is 5.92. The predicted octanol–water partition coefficient (Wildman–Crippen LogP) is 2.74. The minimum absolute atomic E-state index is 0.163. The standard InChI is InChI=1S/C13H26N2O2/c1-3-4-5-6-7-8-9-14-10-11-15(2,12-14)13(16)17/h3-12H2,1-2H3/p+1. The number of carbonyl (C=O) groups is 1. The summed E-state index contributed by atoms with van der Waals surface area (Å²) in [6, 6.07) is 0. The molecule has 1 unspecified atom stereocenters. The fourth-order valence-corrected chi connectivity index (χ4v) is 2.40. The number of rotatable bonds is 7. The van der Waals surface area contributed by atoms with E-state index in [1.165, 1.54) is 38.5 Å². The highest BCUT2D eigenvalue weighted by Crippen LogP contribution is 2.15. The highest BCUT2D eigenvalue weighted by atomic mass is 16.4. The van der Waals surface area contributed by atoms with Crippen LogP contribution in [0, 0.1) is 0 Å². The van der Waals surface area contributed by atoms with Crippen LogP contribution in [0.1, 0.15) is 45.4 Å². The van der Waals surface area contributed by atoms with Crippen molar-refractivity contribution in [2.24, 2.45) is 0 Å². The molecule has 0 aromatic heterocycles. The van der Waals surface area contributed by atoms with Gasteiger partial charge in [0.05, 0.1) is 13.6 Å². The molecule has 4 heteroatoms. The van der Waals surface area contributed by atoms with Crippen LogP contribution >= 0.6 is 0 Å². The van der Waals surface area contributed by atoms with E-state index in [-0.39, 0.29) is 4.48 Å². The molecular weight excluding hydrogens is 216 g/mol. The molecule has 1 saturated heterocycles. The zero-order chi connectivity index (χ0) is 12.7. The maximum absolute atomic E-state index is 11.1. The van der Waals surface area contributed by atoms with Crippen molar-refractivity contribution in [2.45, 2.75) is 45.4 Å². The van der Waals surface area contributed by atoms with Crippen LogP contribution in [-0.2, 0) is 0 Å². The molecule has 0 bridgehead atoms. The molecular formula is C13H27N2O2+.